The Balaban J connectivity index is 2.06. The molecule has 0 aliphatic heterocycles. The number of amides is 1. The fourth-order valence-corrected chi connectivity index (χ4v) is 3.29. The van der Waals surface area contributed by atoms with Gasteiger partial charge in [-0.3, -0.25) is 4.79 Å². The highest BCUT2D eigenvalue weighted by atomic mass is 32.2. The van der Waals surface area contributed by atoms with Gasteiger partial charge in [0.25, 0.3) is 0 Å². The SMILES string of the molecule is CCCCCNC(=O)[C@H](Sc1ccccc1)c1ccccc1. The van der Waals surface area contributed by atoms with Crippen molar-refractivity contribution < 1.29 is 4.79 Å². The van der Waals surface area contributed by atoms with Crippen molar-refractivity contribution in [3.8, 4) is 0 Å². The lowest BCUT2D eigenvalue weighted by Gasteiger charge is -2.17. The molecule has 1 atom stereocenters. The molecule has 2 nitrogen and oxygen atoms in total. The second-order valence-corrected chi connectivity index (χ2v) is 6.40. The van der Waals surface area contributed by atoms with Crippen LogP contribution < -0.4 is 5.32 Å². The van der Waals surface area contributed by atoms with Gasteiger partial charge in [0.2, 0.25) is 5.91 Å². The van der Waals surface area contributed by atoms with E-state index in [4.69, 9.17) is 0 Å². The first-order valence-electron chi connectivity index (χ1n) is 7.85. The number of unbranched alkanes of at least 4 members (excludes halogenated alkanes) is 2. The maximum absolute atomic E-state index is 12.6. The number of carbonyl (C=O) groups excluding carboxylic acids is 1. The quantitative estimate of drug-likeness (QED) is 0.559. The summed E-state index contributed by atoms with van der Waals surface area (Å²) < 4.78 is 0. The molecule has 1 N–H and O–H groups in total. The van der Waals surface area contributed by atoms with E-state index < -0.39 is 0 Å². The third-order valence-corrected chi connectivity index (χ3v) is 4.68. The zero-order valence-corrected chi connectivity index (χ0v) is 13.8. The van der Waals surface area contributed by atoms with Gasteiger partial charge < -0.3 is 5.32 Å². The number of rotatable bonds is 8. The molecule has 116 valence electrons. The van der Waals surface area contributed by atoms with Gasteiger partial charge in [-0.25, -0.2) is 0 Å². The summed E-state index contributed by atoms with van der Waals surface area (Å²) >= 11 is 1.60. The molecule has 0 aliphatic rings. The molecule has 0 unspecified atom stereocenters. The van der Waals surface area contributed by atoms with Crippen LogP contribution in [0.3, 0.4) is 0 Å². The van der Waals surface area contributed by atoms with Crippen molar-refractivity contribution in [2.45, 2.75) is 36.3 Å². The van der Waals surface area contributed by atoms with Crippen molar-refractivity contribution in [3.63, 3.8) is 0 Å². The molecule has 0 aliphatic carbocycles. The van der Waals surface area contributed by atoms with Gasteiger partial charge in [-0.05, 0) is 24.1 Å². The number of thioether (sulfide) groups is 1. The lowest BCUT2D eigenvalue weighted by atomic mass is 10.1. The summed E-state index contributed by atoms with van der Waals surface area (Å²) in [4.78, 5) is 13.7. The molecule has 22 heavy (non-hydrogen) atoms. The number of carbonyl (C=O) groups is 1. The van der Waals surface area contributed by atoms with Crippen LogP contribution in [-0.4, -0.2) is 12.5 Å². The van der Waals surface area contributed by atoms with Crippen molar-refractivity contribution in [2.24, 2.45) is 0 Å². The molecular weight excluding hydrogens is 290 g/mol. The van der Waals surface area contributed by atoms with E-state index in [-0.39, 0.29) is 11.2 Å². The van der Waals surface area contributed by atoms with Crippen LogP contribution >= 0.6 is 11.8 Å². The van der Waals surface area contributed by atoms with Crippen LogP contribution in [0.15, 0.2) is 65.6 Å². The standard InChI is InChI=1S/C19H23NOS/c1-2-3-10-15-20-19(21)18(16-11-6-4-7-12-16)22-17-13-8-5-9-14-17/h4-9,11-14,18H,2-3,10,15H2,1H3,(H,20,21)/t18-/m1/s1. The highest BCUT2D eigenvalue weighted by Crippen LogP contribution is 2.35. The van der Waals surface area contributed by atoms with Crippen LogP contribution in [-0.2, 0) is 4.79 Å². The molecule has 0 saturated heterocycles. The lowest BCUT2D eigenvalue weighted by molar-refractivity contribution is -0.120. The van der Waals surface area contributed by atoms with Crippen LogP contribution in [0.25, 0.3) is 0 Å². The predicted molar refractivity (Wildman–Crippen MR) is 94.0 cm³/mol. The largest absolute Gasteiger partial charge is 0.355 e. The van der Waals surface area contributed by atoms with Gasteiger partial charge in [0.1, 0.15) is 5.25 Å². The highest BCUT2D eigenvalue weighted by Gasteiger charge is 2.21. The number of benzene rings is 2. The molecule has 0 saturated carbocycles. The lowest BCUT2D eigenvalue weighted by Crippen LogP contribution is -2.28. The minimum absolute atomic E-state index is 0.0937. The topological polar surface area (TPSA) is 29.1 Å². The van der Waals surface area contributed by atoms with Crippen LogP contribution in [0.4, 0.5) is 0 Å². The summed E-state index contributed by atoms with van der Waals surface area (Å²) in [5, 5.41) is 2.87. The normalized spacial score (nSPS) is 11.9. The van der Waals surface area contributed by atoms with Gasteiger partial charge in [-0.2, -0.15) is 0 Å². The van der Waals surface area contributed by atoms with Gasteiger partial charge >= 0.3 is 0 Å². The fraction of sp³-hybridized carbons (Fsp3) is 0.316. The summed E-state index contributed by atoms with van der Waals surface area (Å²) in [6.45, 7) is 2.92. The Morgan fingerprint density at radius 1 is 1.00 bits per heavy atom. The Labute approximate surface area is 137 Å². The maximum atomic E-state index is 12.6. The average molecular weight is 313 g/mol. The summed E-state index contributed by atoms with van der Waals surface area (Å²) in [6, 6.07) is 20.1. The van der Waals surface area contributed by atoms with Crippen molar-refractivity contribution in [1.29, 1.82) is 0 Å². The van der Waals surface area contributed by atoms with E-state index in [0.29, 0.717) is 0 Å². The monoisotopic (exact) mass is 313 g/mol. The van der Waals surface area contributed by atoms with Gasteiger partial charge in [-0.15, -0.1) is 11.8 Å². The molecular formula is C19H23NOS. The van der Waals surface area contributed by atoms with E-state index in [9.17, 15) is 4.79 Å². The van der Waals surface area contributed by atoms with Gasteiger partial charge in [0.15, 0.2) is 0 Å². The second kappa shape index (κ2) is 9.31. The summed E-state index contributed by atoms with van der Waals surface area (Å²) in [5.74, 6) is 0.0937. The van der Waals surface area contributed by atoms with Crippen molar-refractivity contribution in [2.75, 3.05) is 6.54 Å². The Morgan fingerprint density at radius 2 is 1.64 bits per heavy atom. The van der Waals surface area contributed by atoms with Crippen LogP contribution in [0.1, 0.15) is 37.0 Å². The predicted octanol–water partition coefficient (Wildman–Crippen LogP) is 4.83. The molecule has 0 heterocycles. The zero-order valence-electron chi connectivity index (χ0n) is 13.0. The van der Waals surface area contributed by atoms with Crippen molar-refractivity contribution in [3.05, 3.63) is 66.2 Å². The third kappa shape index (κ3) is 5.23. The first-order valence-corrected chi connectivity index (χ1v) is 8.73. The Bertz CT molecular complexity index is 556. The van der Waals surface area contributed by atoms with E-state index in [1.807, 2.05) is 60.7 Å². The summed E-state index contributed by atoms with van der Waals surface area (Å²) in [5.41, 5.74) is 1.05. The average Bonchev–Trinajstić information content (AvgIpc) is 2.58. The van der Waals surface area contributed by atoms with E-state index in [1.54, 1.807) is 11.8 Å². The zero-order chi connectivity index (χ0) is 15.6. The molecule has 2 aromatic carbocycles. The van der Waals surface area contributed by atoms with E-state index >= 15 is 0 Å². The van der Waals surface area contributed by atoms with Crippen molar-refractivity contribution >= 4 is 17.7 Å². The molecule has 2 rings (SSSR count). The Kier molecular flexibility index (Phi) is 7.04. The first kappa shape index (κ1) is 16.6. The maximum Gasteiger partial charge on any atom is 0.237 e. The van der Waals surface area contributed by atoms with Gasteiger partial charge in [0.05, 0.1) is 0 Å². The smallest absolute Gasteiger partial charge is 0.237 e. The third-order valence-electron chi connectivity index (χ3n) is 3.42. The first-order chi connectivity index (χ1) is 10.8. The molecule has 0 radical (unpaired) electrons. The van der Waals surface area contributed by atoms with Crippen LogP contribution in [0, 0.1) is 0 Å². The molecule has 2 aromatic rings. The van der Waals surface area contributed by atoms with Crippen LogP contribution in [0.2, 0.25) is 0 Å². The highest BCUT2D eigenvalue weighted by molar-refractivity contribution is 8.00. The summed E-state index contributed by atoms with van der Waals surface area (Å²) in [6.07, 6.45) is 3.36. The van der Waals surface area contributed by atoms with Gasteiger partial charge in [0, 0.05) is 11.4 Å². The number of nitrogens with one attached hydrogen (secondary N) is 1. The molecule has 3 heteroatoms. The number of hydrogen-bond acceptors (Lipinski definition) is 2. The molecule has 1 amide bonds. The molecule has 0 aromatic heterocycles. The van der Waals surface area contributed by atoms with Crippen molar-refractivity contribution in [1.82, 2.24) is 5.32 Å². The minimum Gasteiger partial charge on any atom is -0.355 e. The minimum atomic E-state index is -0.203. The molecule has 0 fully saturated rings. The molecule has 0 spiro atoms. The Morgan fingerprint density at radius 3 is 2.27 bits per heavy atom. The van der Waals surface area contributed by atoms with E-state index in [0.717, 1.165) is 36.3 Å². The van der Waals surface area contributed by atoms with E-state index in [1.165, 1.54) is 0 Å². The number of hydrogen-bond donors (Lipinski definition) is 1. The Hall–Kier alpha value is -1.74. The van der Waals surface area contributed by atoms with Crippen LogP contribution in [0.5, 0.6) is 0 Å². The summed E-state index contributed by atoms with van der Waals surface area (Å²) in [7, 11) is 0. The second-order valence-electron chi connectivity index (χ2n) is 5.22. The van der Waals surface area contributed by atoms with E-state index in [2.05, 4.69) is 12.2 Å². The fourth-order valence-electron chi connectivity index (χ4n) is 2.22. The molecule has 0 bridgehead atoms. The van der Waals surface area contributed by atoms with Gasteiger partial charge in [-0.1, -0.05) is 68.3 Å².